The lowest BCUT2D eigenvalue weighted by atomic mass is 10.0. The number of halogens is 1. The first-order valence-electron chi connectivity index (χ1n) is 7.22. The third kappa shape index (κ3) is 3.14. The van der Waals surface area contributed by atoms with Gasteiger partial charge in [0.15, 0.2) is 0 Å². The zero-order valence-electron chi connectivity index (χ0n) is 12.3. The molecule has 1 aliphatic heterocycles. The summed E-state index contributed by atoms with van der Waals surface area (Å²) >= 11 is 2.21. The molecule has 0 bridgehead atoms. The van der Waals surface area contributed by atoms with Crippen LogP contribution in [0.3, 0.4) is 0 Å². The van der Waals surface area contributed by atoms with Crippen molar-refractivity contribution in [1.82, 2.24) is 9.88 Å². The number of nitro groups is 1. The van der Waals surface area contributed by atoms with Gasteiger partial charge in [-0.05, 0) is 67.2 Å². The standard InChI is InChI=1S/C15H17IN4O2/c1-19-6-2-3-11(9-19)18-15-12-7-10(16)4-5-13(12)17-8-14(15)20(21)22/h4-5,7-8,11H,2-3,6,9H2,1H3,(H,17,18)/t11-/m0/s1. The Morgan fingerprint density at radius 3 is 3.05 bits per heavy atom. The number of likely N-dealkylation sites (N-methyl/N-ethyl adjacent to an activating group) is 1. The Bertz CT molecular complexity index is 722. The van der Waals surface area contributed by atoms with Gasteiger partial charge in [0.1, 0.15) is 11.9 Å². The zero-order chi connectivity index (χ0) is 15.7. The third-order valence-electron chi connectivity index (χ3n) is 3.98. The van der Waals surface area contributed by atoms with Gasteiger partial charge in [0.05, 0.1) is 10.4 Å². The van der Waals surface area contributed by atoms with Crippen molar-refractivity contribution in [2.24, 2.45) is 0 Å². The molecule has 1 fully saturated rings. The molecule has 0 saturated carbocycles. The summed E-state index contributed by atoms with van der Waals surface area (Å²) < 4.78 is 1.04. The molecule has 3 rings (SSSR count). The van der Waals surface area contributed by atoms with Gasteiger partial charge >= 0.3 is 5.69 Å². The van der Waals surface area contributed by atoms with E-state index in [0.29, 0.717) is 5.69 Å². The molecule has 6 nitrogen and oxygen atoms in total. The smallest absolute Gasteiger partial charge is 0.311 e. The zero-order valence-corrected chi connectivity index (χ0v) is 14.4. The molecule has 1 aromatic heterocycles. The number of nitrogens with zero attached hydrogens (tertiary/aromatic N) is 3. The van der Waals surface area contributed by atoms with E-state index in [1.165, 1.54) is 6.20 Å². The monoisotopic (exact) mass is 412 g/mol. The van der Waals surface area contributed by atoms with E-state index >= 15 is 0 Å². The highest BCUT2D eigenvalue weighted by Crippen LogP contribution is 2.33. The molecule has 116 valence electrons. The van der Waals surface area contributed by atoms with E-state index in [9.17, 15) is 10.1 Å². The SMILES string of the molecule is CN1CCC[C@H](Nc2c([N+](=O)[O-])cnc3ccc(I)cc23)C1. The molecule has 2 aromatic rings. The van der Waals surface area contributed by atoms with Crippen LogP contribution in [0.5, 0.6) is 0 Å². The fourth-order valence-corrected chi connectivity index (χ4v) is 3.42. The summed E-state index contributed by atoms with van der Waals surface area (Å²) in [6, 6.07) is 6.03. The number of fused-ring (bicyclic) bond motifs is 1. The number of benzene rings is 1. The maximum Gasteiger partial charge on any atom is 0.311 e. The van der Waals surface area contributed by atoms with Gasteiger partial charge in [0.2, 0.25) is 0 Å². The average molecular weight is 412 g/mol. The van der Waals surface area contributed by atoms with Crippen LogP contribution < -0.4 is 5.32 Å². The molecule has 1 atom stereocenters. The third-order valence-corrected chi connectivity index (χ3v) is 4.65. The van der Waals surface area contributed by atoms with Gasteiger partial charge in [-0.25, -0.2) is 4.98 Å². The van der Waals surface area contributed by atoms with Crippen LogP contribution in [0.1, 0.15) is 12.8 Å². The number of likely N-dealkylation sites (tertiary alicyclic amines) is 1. The number of anilines is 1. The van der Waals surface area contributed by atoms with Crippen molar-refractivity contribution < 1.29 is 4.92 Å². The molecule has 1 saturated heterocycles. The molecule has 22 heavy (non-hydrogen) atoms. The van der Waals surface area contributed by atoms with Crippen LogP contribution >= 0.6 is 22.6 Å². The Labute approximate surface area is 142 Å². The summed E-state index contributed by atoms with van der Waals surface area (Å²) in [4.78, 5) is 17.5. The number of pyridine rings is 1. The molecule has 2 heterocycles. The Morgan fingerprint density at radius 2 is 2.32 bits per heavy atom. The second-order valence-corrected chi connectivity index (χ2v) is 6.93. The van der Waals surface area contributed by atoms with Gasteiger partial charge in [-0.15, -0.1) is 0 Å². The number of hydrogen-bond acceptors (Lipinski definition) is 5. The quantitative estimate of drug-likeness (QED) is 0.476. The van der Waals surface area contributed by atoms with Crippen molar-refractivity contribution in [3.05, 3.63) is 38.1 Å². The first kappa shape index (κ1) is 15.4. The van der Waals surface area contributed by atoms with Gasteiger partial charge in [-0.1, -0.05) is 0 Å². The van der Waals surface area contributed by atoms with Crippen molar-refractivity contribution in [3.63, 3.8) is 0 Å². The minimum absolute atomic E-state index is 0.0442. The van der Waals surface area contributed by atoms with Gasteiger partial charge in [0, 0.05) is 21.5 Å². The van der Waals surface area contributed by atoms with Crippen LogP contribution in [-0.2, 0) is 0 Å². The van der Waals surface area contributed by atoms with Crippen LogP contribution in [0.2, 0.25) is 0 Å². The molecule has 0 spiro atoms. The first-order chi connectivity index (χ1) is 10.5. The van der Waals surface area contributed by atoms with Crippen molar-refractivity contribution in [3.8, 4) is 0 Å². The predicted octanol–water partition coefficient (Wildman–Crippen LogP) is 3.25. The van der Waals surface area contributed by atoms with E-state index < -0.39 is 0 Å². The molecule has 7 heteroatoms. The van der Waals surface area contributed by atoms with Crippen LogP contribution in [0.25, 0.3) is 10.9 Å². The van der Waals surface area contributed by atoms with Crippen LogP contribution in [-0.4, -0.2) is 41.0 Å². The van der Waals surface area contributed by atoms with E-state index in [1.54, 1.807) is 0 Å². The number of rotatable bonds is 3. The number of hydrogen-bond donors (Lipinski definition) is 1. The number of piperidine rings is 1. The summed E-state index contributed by atoms with van der Waals surface area (Å²) in [6.07, 6.45) is 3.47. The van der Waals surface area contributed by atoms with E-state index in [1.807, 2.05) is 18.2 Å². The van der Waals surface area contributed by atoms with Crippen LogP contribution in [0, 0.1) is 13.7 Å². The lowest BCUT2D eigenvalue weighted by Gasteiger charge is -2.31. The minimum atomic E-state index is -0.360. The largest absolute Gasteiger partial charge is 0.375 e. The topological polar surface area (TPSA) is 71.3 Å². The summed E-state index contributed by atoms with van der Waals surface area (Å²) in [5.41, 5.74) is 1.41. The average Bonchev–Trinajstić information content (AvgIpc) is 2.47. The lowest BCUT2D eigenvalue weighted by Crippen LogP contribution is -2.39. The second-order valence-electron chi connectivity index (χ2n) is 5.68. The Balaban J connectivity index is 2.05. The molecule has 0 unspecified atom stereocenters. The van der Waals surface area contributed by atoms with Gasteiger partial charge in [-0.3, -0.25) is 10.1 Å². The maximum atomic E-state index is 11.4. The molecule has 1 aliphatic rings. The molecular formula is C15H17IN4O2. The fourth-order valence-electron chi connectivity index (χ4n) is 2.93. The number of aromatic nitrogens is 1. The van der Waals surface area contributed by atoms with E-state index in [-0.39, 0.29) is 16.7 Å². The molecule has 0 amide bonds. The summed E-state index contributed by atoms with van der Waals surface area (Å²) in [6.45, 7) is 1.97. The van der Waals surface area contributed by atoms with Gasteiger partial charge in [-0.2, -0.15) is 0 Å². The Hall–Kier alpha value is -1.48. The highest BCUT2D eigenvalue weighted by molar-refractivity contribution is 14.1. The summed E-state index contributed by atoms with van der Waals surface area (Å²) in [7, 11) is 2.08. The lowest BCUT2D eigenvalue weighted by molar-refractivity contribution is -0.384. The van der Waals surface area contributed by atoms with Crippen LogP contribution in [0.15, 0.2) is 24.4 Å². The molecular weight excluding hydrogens is 395 g/mol. The molecule has 0 aliphatic carbocycles. The van der Waals surface area contributed by atoms with Crippen molar-refractivity contribution in [2.45, 2.75) is 18.9 Å². The van der Waals surface area contributed by atoms with Gasteiger partial charge in [0.25, 0.3) is 0 Å². The Morgan fingerprint density at radius 1 is 1.50 bits per heavy atom. The van der Waals surface area contributed by atoms with E-state index in [4.69, 9.17) is 0 Å². The normalized spacial score (nSPS) is 19.3. The molecule has 1 N–H and O–H groups in total. The second kappa shape index (κ2) is 6.33. The van der Waals surface area contributed by atoms with Gasteiger partial charge < -0.3 is 10.2 Å². The highest BCUT2D eigenvalue weighted by atomic mass is 127. The van der Waals surface area contributed by atoms with Crippen molar-refractivity contribution in [2.75, 3.05) is 25.5 Å². The Kier molecular flexibility index (Phi) is 4.44. The summed E-state index contributed by atoms with van der Waals surface area (Å²) in [5, 5.41) is 15.6. The highest BCUT2D eigenvalue weighted by Gasteiger charge is 2.23. The molecule has 0 radical (unpaired) electrons. The maximum absolute atomic E-state index is 11.4. The van der Waals surface area contributed by atoms with Crippen LogP contribution in [0.4, 0.5) is 11.4 Å². The first-order valence-corrected chi connectivity index (χ1v) is 8.30. The van der Waals surface area contributed by atoms with Crippen molar-refractivity contribution in [1.29, 1.82) is 0 Å². The van der Waals surface area contributed by atoms with E-state index in [0.717, 1.165) is 40.4 Å². The minimum Gasteiger partial charge on any atom is -0.375 e. The van der Waals surface area contributed by atoms with Crippen molar-refractivity contribution >= 4 is 44.9 Å². The predicted molar refractivity (Wildman–Crippen MR) is 95.3 cm³/mol. The summed E-state index contributed by atoms with van der Waals surface area (Å²) in [5.74, 6) is 0. The van der Waals surface area contributed by atoms with E-state index in [2.05, 4.69) is 44.8 Å². The fraction of sp³-hybridized carbons (Fsp3) is 0.400. The molecule has 1 aromatic carbocycles. The number of nitrogens with one attached hydrogen (secondary N) is 1.